The molecule has 4 amide bonds. The third-order valence-corrected chi connectivity index (χ3v) is 6.22. The van der Waals surface area contributed by atoms with Gasteiger partial charge in [0.1, 0.15) is 11.8 Å². The molecule has 16 nitrogen and oxygen atoms in total. The average molecular weight is 688 g/mol. The molecule has 0 fully saturated rings. The molecule has 0 saturated heterocycles. The van der Waals surface area contributed by atoms with Gasteiger partial charge in [-0.1, -0.05) is 42.8 Å². The van der Waals surface area contributed by atoms with Gasteiger partial charge in [-0.25, -0.2) is 0 Å². The van der Waals surface area contributed by atoms with Crippen molar-refractivity contribution in [2.24, 2.45) is 44.4 Å². The number of aromatic hydroxyl groups is 1. The number of phenols is 1. The van der Waals surface area contributed by atoms with Gasteiger partial charge in [0, 0.05) is 25.6 Å². The molecule has 0 aliphatic carbocycles. The maximum Gasteiger partial charge on any atom is 0.243 e. The Bertz CT molecular complexity index is 1290. The first-order valence-corrected chi connectivity index (χ1v) is 15.7. The third-order valence-electron chi connectivity index (χ3n) is 6.22. The van der Waals surface area contributed by atoms with E-state index in [1.165, 1.54) is 5.56 Å². The minimum absolute atomic E-state index is 0.0425. The van der Waals surface area contributed by atoms with Crippen LogP contribution < -0.4 is 50.4 Å². The van der Waals surface area contributed by atoms with Gasteiger partial charge in [-0.05, 0) is 75.8 Å². The van der Waals surface area contributed by atoms with Crippen molar-refractivity contribution in [3.8, 4) is 5.75 Å². The summed E-state index contributed by atoms with van der Waals surface area (Å²) < 4.78 is 0. The summed E-state index contributed by atoms with van der Waals surface area (Å²) in [5.41, 5.74) is 34.5. The zero-order valence-corrected chi connectivity index (χ0v) is 29.4. The summed E-state index contributed by atoms with van der Waals surface area (Å²) in [5.74, 6) is -0.840. The summed E-state index contributed by atoms with van der Waals surface area (Å²) in [4.78, 5) is 51.3. The average Bonchev–Trinajstić information content (AvgIpc) is 3.03. The molecule has 2 aromatic carbocycles. The summed E-state index contributed by atoms with van der Waals surface area (Å²) in [6, 6.07) is 12.7. The number of phenolic OH excluding ortho intramolecular Hbond substituents is 1. The van der Waals surface area contributed by atoms with Crippen molar-refractivity contribution in [1.82, 2.24) is 16.0 Å². The Labute approximate surface area is 289 Å². The summed E-state index contributed by atoms with van der Waals surface area (Å²) in [5, 5.41) is 17.4. The number of aryl methyl sites for hydroxylation is 3. The fourth-order valence-electron chi connectivity index (χ4n) is 3.90. The molecule has 49 heavy (non-hydrogen) atoms. The van der Waals surface area contributed by atoms with Crippen molar-refractivity contribution in [2.75, 3.05) is 26.2 Å². The second-order valence-electron chi connectivity index (χ2n) is 10.9. The number of guanidine groups is 2. The predicted octanol–water partition coefficient (Wildman–Crippen LogP) is -0.564. The zero-order valence-electron chi connectivity index (χ0n) is 29.4. The number of carbonyl (C=O) groups excluding carboxylic acids is 4. The summed E-state index contributed by atoms with van der Waals surface area (Å²) >= 11 is 0. The van der Waals surface area contributed by atoms with Crippen LogP contribution in [-0.2, 0) is 25.6 Å². The molecule has 1 unspecified atom stereocenters. The molecular formula is C33H57N11O5. The normalized spacial score (nSPS) is 10.7. The molecule has 16 N–H and O–H groups in total. The highest BCUT2D eigenvalue weighted by Gasteiger charge is 2.23. The number of nitrogens with zero attached hydrogens (tertiary/aromatic N) is 2. The minimum Gasteiger partial charge on any atom is -0.508 e. The Hall–Kier alpha value is -5.38. The van der Waals surface area contributed by atoms with Crippen LogP contribution in [0.15, 0.2) is 52.4 Å². The zero-order chi connectivity index (χ0) is 37.8. The lowest BCUT2D eigenvalue weighted by molar-refractivity contribution is -0.128. The van der Waals surface area contributed by atoms with Crippen LogP contribution >= 0.6 is 0 Å². The molecule has 16 heteroatoms. The molecule has 0 heterocycles. The van der Waals surface area contributed by atoms with E-state index in [1.807, 2.05) is 45.9 Å². The van der Waals surface area contributed by atoms with Crippen LogP contribution in [0.25, 0.3) is 0 Å². The van der Waals surface area contributed by atoms with Gasteiger partial charge >= 0.3 is 0 Å². The number of aliphatic imine (C=N–C) groups is 2. The largest absolute Gasteiger partial charge is 0.508 e. The lowest BCUT2D eigenvalue weighted by Crippen LogP contribution is -2.51. The van der Waals surface area contributed by atoms with E-state index < -0.39 is 17.9 Å². The molecule has 2 aromatic rings. The summed E-state index contributed by atoms with van der Waals surface area (Å²) in [6.07, 6.45) is 3.13. The smallest absolute Gasteiger partial charge is 0.243 e. The van der Waals surface area contributed by atoms with E-state index in [2.05, 4.69) is 50.7 Å². The van der Waals surface area contributed by atoms with E-state index in [0.717, 1.165) is 36.1 Å². The standard InChI is InChI=1S/C19H32N6O3.C7H8.C4H11N3.C3H6N2O2/c1-11-7-14(26)8-12(2)15(11)9-16(25-17(27)10-20)18(28)24-13(3)5-4-6-23-19(21)22;1-7-5-3-2-4-6-7;1-2-3-7-4(5)6;4-3(7)1-5-2-6/h7-8,13,16,26H,4-6,9-10,20H2,1-3H3,(H,24,28)(H,25,27)(H4,21,22,23);2-6H,1H3;2-3H2,1H3,(H4,5,6,7);2H,1H2,(H2,4,7)(H,5,6)/t13?,16-;;;/m0.../s1. The van der Waals surface area contributed by atoms with Crippen LogP contribution in [0.1, 0.15) is 55.4 Å². The van der Waals surface area contributed by atoms with E-state index in [-0.39, 0.29) is 42.7 Å². The number of amides is 4. The van der Waals surface area contributed by atoms with Crippen molar-refractivity contribution < 1.29 is 24.3 Å². The van der Waals surface area contributed by atoms with Gasteiger partial charge in [0.25, 0.3) is 0 Å². The predicted molar refractivity (Wildman–Crippen MR) is 195 cm³/mol. The van der Waals surface area contributed by atoms with Crippen LogP contribution in [-0.4, -0.2) is 79.4 Å². The van der Waals surface area contributed by atoms with Crippen molar-refractivity contribution in [3.63, 3.8) is 0 Å². The van der Waals surface area contributed by atoms with Gasteiger partial charge in [-0.3, -0.25) is 29.2 Å². The molecule has 0 bridgehead atoms. The first kappa shape index (κ1) is 45.7. The molecule has 2 rings (SSSR count). The maximum absolute atomic E-state index is 12.8. The van der Waals surface area contributed by atoms with Gasteiger partial charge in [0.15, 0.2) is 11.9 Å². The molecule has 2 atom stereocenters. The topological polar surface area (TPSA) is 305 Å². The second kappa shape index (κ2) is 27.7. The number of nitrogens with one attached hydrogen (secondary N) is 3. The quantitative estimate of drug-likeness (QED) is 0.0492. The Balaban J connectivity index is 0. The number of benzene rings is 2. The van der Waals surface area contributed by atoms with Crippen LogP contribution in [0.2, 0.25) is 0 Å². The number of nitrogens with two attached hydrogens (primary N) is 6. The lowest BCUT2D eigenvalue weighted by Gasteiger charge is -2.23. The van der Waals surface area contributed by atoms with Crippen molar-refractivity contribution in [2.45, 2.75) is 72.4 Å². The highest BCUT2D eigenvalue weighted by Crippen LogP contribution is 2.22. The van der Waals surface area contributed by atoms with E-state index in [4.69, 9.17) is 28.7 Å². The molecule has 0 aromatic heterocycles. The number of hydrogen-bond donors (Lipinski definition) is 10. The summed E-state index contributed by atoms with van der Waals surface area (Å²) in [6.45, 7) is 10.6. The number of rotatable bonds is 15. The number of primary amides is 1. The molecule has 0 radical (unpaired) electrons. The monoisotopic (exact) mass is 687 g/mol. The van der Waals surface area contributed by atoms with Crippen molar-refractivity contribution in [1.29, 1.82) is 0 Å². The SMILES string of the molecule is CCCN=C(N)N.Cc1cc(O)cc(C)c1C[C@H](NC(=O)CN)C(=O)NC(C)CCCN=C(N)N.Cc1ccccc1.NC(=O)CNC=O. The first-order valence-electron chi connectivity index (χ1n) is 15.7. The van der Waals surface area contributed by atoms with Gasteiger partial charge < -0.3 is 55.5 Å². The van der Waals surface area contributed by atoms with Gasteiger partial charge in [-0.2, -0.15) is 0 Å². The van der Waals surface area contributed by atoms with Crippen molar-refractivity contribution in [3.05, 3.63) is 64.7 Å². The molecular weight excluding hydrogens is 630 g/mol. The van der Waals surface area contributed by atoms with Gasteiger partial charge in [0.05, 0.1) is 13.1 Å². The third kappa shape index (κ3) is 26.4. The number of hydrogen-bond acceptors (Lipinski definition) is 8. The molecule has 0 aliphatic heterocycles. The Morgan fingerprint density at radius 3 is 1.84 bits per heavy atom. The van der Waals surface area contributed by atoms with E-state index >= 15 is 0 Å². The van der Waals surface area contributed by atoms with Crippen molar-refractivity contribution >= 4 is 36.1 Å². The lowest BCUT2D eigenvalue weighted by atomic mass is 9.95. The fourth-order valence-corrected chi connectivity index (χ4v) is 3.90. The Morgan fingerprint density at radius 2 is 1.45 bits per heavy atom. The molecule has 274 valence electrons. The van der Waals surface area contributed by atoms with E-state index in [9.17, 15) is 24.3 Å². The first-order chi connectivity index (χ1) is 23.1. The van der Waals surface area contributed by atoms with Crippen LogP contribution in [0.3, 0.4) is 0 Å². The van der Waals surface area contributed by atoms with Gasteiger partial charge in [-0.15, -0.1) is 0 Å². The fraction of sp³-hybridized carbons (Fsp3) is 0.455. The van der Waals surface area contributed by atoms with Gasteiger partial charge in [0.2, 0.25) is 24.1 Å². The maximum atomic E-state index is 12.8. The van der Waals surface area contributed by atoms with E-state index in [0.29, 0.717) is 25.8 Å². The molecule has 0 spiro atoms. The van der Waals surface area contributed by atoms with Crippen LogP contribution in [0.5, 0.6) is 5.75 Å². The van der Waals surface area contributed by atoms with Crippen LogP contribution in [0, 0.1) is 20.8 Å². The highest BCUT2D eigenvalue weighted by atomic mass is 16.3. The Kier molecular flexibility index (Phi) is 25.9. The van der Waals surface area contributed by atoms with E-state index in [1.54, 1.807) is 12.1 Å². The molecule has 0 saturated carbocycles. The number of carbonyl (C=O) groups is 4. The van der Waals surface area contributed by atoms with Crippen LogP contribution in [0.4, 0.5) is 0 Å². The highest BCUT2D eigenvalue weighted by molar-refractivity contribution is 5.88. The Morgan fingerprint density at radius 1 is 0.898 bits per heavy atom. The minimum atomic E-state index is -0.766. The molecule has 0 aliphatic rings. The second-order valence-corrected chi connectivity index (χ2v) is 10.9. The summed E-state index contributed by atoms with van der Waals surface area (Å²) in [7, 11) is 0.